The molecule has 1 N–H and O–H groups in total. The molecule has 0 bridgehead atoms. The van der Waals surface area contributed by atoms with Crippen LogP contribution in [0.1, 0.15) is 18.1 Å². The molecule has 0 radical (unpaired) electrons. The first-order chi connectivity index (χ1) is 13.3. The predicted octanol–water partition coefficient (Wildman–Crippen LogP) is 2.41. The van der Waals surface area contributed by atoms with Crippen LogP contribution in [0.5, 0.6) is 0 Å². The molecule has 0 unspecified atom stereocenters. The van der Waals surface area contributed by atoms with Gasteiger partial charge in [0.15, 0.2) is 5.96 Å². The van der Waals surface area contributed by atoms with Gasteiger partial charge in [-0.25, -0.2) is 4.79 Å². The fourth-order valence-corrected chi connectivity index (χ4v) is 2.69. The number of hydrogen-bond donors (Lipinski definition) is 1. The minimum absolute atomic E-state index is 0.237. The minimum Gasteiger partial charge on any atom is -0.450 e. The molecule has 0 aromatic heterocycles. The van der Waals surface area contributed by atoms with Crippen LogP contribution in [0, 0.1) is 11.8 Å². The third-order valence-electron chi connectivity index (χ3n) is 4.07. The number of hydrogen-bond acceptors (Lipinski definition) is 3. The first-order valence-electron chi connectivity index (χ1n) is 8.88. The van der Waals surface area contributed by atoms with Crippen molar-refractivity contribution in [1.82, 2.24) is 15.1 Å². The monoisotopic (exact) mass is 396 g/mol. The van der Waals surface area contributed by atoms with Crippen molar-refractivity contribution in [2.24, 2.45) is 4.99 Å². The SMILES string of the molecule is CCOC(=O)N1CCN(C(=NC)NCC#Cc2cccc(C(F)(F)F)c2)CC1. The number of benzene rings is 1. The molecule has 9 heteroatoms. The van der Waals surface area contributed by atoms with Gasteiger partial charge in [-0.3, -0.25) is 4.99 Å². The zero-order valence-corrected chi connectivity index (χ0v) is 15.8. The quantitative estimate of drug-likeness (QED) is 0.474. The molecule has 0 spiro atoms. The van der Waals surface area contributed by atoms with Crippen LogP contribution in [0.25, 0.3) is 0 Å². The summed E-state index contributed by atoms with van der Waals surface area (Å²) < 4.78 is 43.1. The fourth-order valence-electron chi connectivity index (χ4n) is 2.69. The van der Waals surface area contributed by atoms with Gasteiger partial charge < -0.3 is 19.9 Å². The molecule has 1 aromatic rings. The second-order valence-corrected chi connectivity index (χ2v) is 5.95. The number of rotatable bonds is 2. The van der Waals surface area contributed by atoms with E-state index in [9.17, 15) is 18.0 Å². The molecule has 1 aromatic carbocycles. The van der Waals surface area contributed by atoms with E-state index in [0.717, 1.165) is 12.1 Å². The van der Waals surface area contributed by atoms with Gasteiger partial charge in [-0.1, -0.05) is 17.9 Å². The van der Waals surface area contributed by atoms with Gasteiger partial charge in [0, 0.05) is 38.8 Å². The number of carbonyl (C=O) groups excluding carboxylic acids is 1. The van der Waals surface area contributed by atoms with Crippen LogP contribution < -0.4 is 5.32 Å². The largest absolute Gasteiger partial charge is 0.450 e. The second kappa shape index (κ2) is 9.88. The van der Waals surface area contributed by atoms with E-state index in [1.807, 2.05) is 4.90 Å². The Labute approximate surface area is 162 Å². The molecule has 1 aliphatic heterocycles. The van der Waals surface area contributed by atoms with Crippen LogP contribution in [-0.4, -0.2) is 68.2 Å². The molecular formula is C19H23F3N4O2. The molecule has 1 saturated heterocycles. The van der Waals surface area contributed by atoms with Crippen molar-refractivity contribution in [2.75, 3.05) is 46.4 Å². The zero-order valence-electron chi connectivity index (χ0n) is 15.8. The van der Waals surface area contributed by atoms with Crippen molar-refractivity contribution >= 4 is 12.1 Å². The number of nitrogens with zero attached hydrogens (tertiary/aromatic N) is 3. The fraction of sp³-hybridized carbons (Fsp3) is 0.474. The van der Waals surface area contributed by atoms with Crippen LogP contribution in [0.3, 0.4) is 0 Å². The number of nitrogens with one attached hydrogen (secondary N) is 1. The van der Waals surface area contributed by atoms with Crippen molar-refractivity contribution in [3.63, 3.8) is 0 Å². The summed E-state index contributed by atoms with van der Waals surface area (Å²) in [6, 6.07) is 4.91. The van der Waals surface area contributed by atoms with Crippen molar-refractivity contribution in [1.29, 1.82) is 0 Å². The van der Waals surface area contributed by atoms with Crippen LogP contribution in [0.4, 0.5) is 18.0 Å². The van der Waals surface area contributed by atoms with Crippen molar-refractivity contribution < 1.29 is 22.7 Å². The number of halogens is 3. The second-order valence-electron chi connectivity index (χ2n) is 5.95. The van der Waals surface area contributed by atoms with Crippen LogP contribution >= 0.6 is 0 Å². The number of piperazine rings is 1. The number of amides is 1. The van der Waals surface area contributed by atoms with Crippen molar-refractivity contribution in [3.8, 4) is 11.8 Å². The topological polar surface area (TPSA) is 57.2 Å². The Balaban J connectivity index is 1.86. The normalized spacial score (nSPS) is 15.0. The Bertz CT molecular complexity index is 760. The Morgan fingerprint density at radius 3 is 2.54 bits per heavy atom. The molecule has 1 amide bonds. The lowest BCUT2D eigenvalue weighted by Crippen LogP contribution is -2.53. The number of guanidine groups is 1. The molecule has 2 rings (SSSR count). The maximum Gasteiger partial charge on any atom is 0.416 e. The van der Waals surface area contributed by atoms with Gasteiger partial charge in [-0.2, -0.15) is 13.2 Å². The van der Waals surface area contributed by atoms with Crippen LogP contribution in [-0.2, 0) is 10.9 Å². The van der Waals surface area contributed by atoms with Crippen molar-refractivity contribution in [3.05, 3.63) is 35.4 Å². The molecule has 0 saturated carbocycles. The summed E-state index contributed by atoms with van der Waals surface area (Å²) in [5, 5.41) is 3.07. The lowest BCUT2D eigenvalue weighted by atomic mass is 10.1. The zero-order chi connectivity index (χ0) is 20.6. The summed E-state index contributed by atoms with van der Waals surface area (Å²) in [6.07, 6.45) is -4.71. The van der Waals surface area contributed by atoms with E-state index in [1.54, 1.807) is 18.9 Å². The third-order valence-corrected chi connectivity index (χ3v) is 4.07. The highest BCUT2D eigenvalue weighted by atomic mass is 19.4. The highest BCUT2D eigenvalue weighted by Gasteiger charge is 2.30. The first-order valence-corrected chi connectivity index (χ1v) is 8.88. The summed E-state index contributed by atoms with van der Waals surface area (Å²) in [4.78, 5) is 19.5. The molecule has 1 aliphatic rings. The van der Waals surface area contributed by atoms with E-state index < -0.39 is 11.7 Å². The Morgan fingerprint density at radius 2 is 1.93 bits per heavy atom. The highest BCUT2D eigenvalue weighted by molar-refractivity contribution is 5.80. The summed E-state index contributed by atoms with van der Waals surface area (Å²) >= 11 is 0. The predicted molar refractivity (Wildman–Crippen MR) is 99.9 cm³/mol. The average Bonchev–Trinajstić information content (AvgIpc) is 2.68. The minimum atomic E-state index is -4.39. The number of carbonyl (C=O) groups is 1. The molecule has 28 heavy (non-hydrogen) atoms. The number of aliphatic imine (C=N–C) groups is 1. The molecule has 0 aliphatic carbocycles. The maximum absolute atomic E-state index is 12.7. The van der Waals surface area contributed by atoms with E-state index in [4.69, 9.17) is 4.74 Å². The summed E-state index contributed by atoms with van der Waals surface area (Å²) in [5.74, 6) is 6.15. The standard InChI is InChI=1S/C19H23F3N4O2/c1-3-28-18(27)26-12-10-25(11-13-26)17(23-2)24-9-5-7-15-6-4-8-16(14-15)19(20,21)22/h4,6,8,14H,3,9-13H2,1-2H3,(H,23,24). The molecular weight excluding hydrogens is 373 g/mol. The summed E-state index contributed by atoms with van der Waals surface area (Å²) in [7, 11) is 1.64. The van der Waals surface area contributed by atoms with Crippen molar-refractivity contribution in [2.45, 2.75) is 13.1 Å². The van der Waals surface area contributed by atoms with E-state index in [-0.39, 0.29) is 12.6 Å². The Morgan fingerprint density at radius 1 is 1.25 bits per heavy atom. The lowest BCUT2D eigenvalue weighted by molar-refractivity contribution is -0.137. The number of alkyl halides is 3. The van der Waals surface area contributed by atoms with Gasteiger partial charge >= 0.3 is 12.3 Å². The summed E-state index contributed by atoms with van der Waals surface area (Å²) in [6.45, 7) is 4.58. The van der Waals surface area contributed by atoms with Gasteiger partial charge in [0.2, 0.25) is 0 Å². The maximum atomic E-state index is 12.7. The van der Waals surface area contributed by atoms with E-state index in [0.29, 0.717) is 44.3 Å². The van der Waals surface area contributed by atoms with Gasteiger partial charge in [0.1, 0.15) is 0 Å². The first kappa shape index (κ1) is 21.4. The van der Waals surface area contributed by atoms with Gasteiger partial charge in [-0.15, -0.1) is 0 Å². The van der Waals surface area contributed by atoms with Gasteiger partial charge in [-0.05, 0) is 25.1 Å². The highest BCUT2D eigenvalue weighted by Crippen LogP contribution is 2.29. The van der Waals surface area contributed by atoms with Gasteiger partial charge in [0.25, 0.3) is 0 Å². The van der Waals surface area contributed by atoms with E-state index >= 15 is 0 Å². The smallest absolute Gasteiger partial charge is 0.416 e. The Kier molecular flexibility index (Phi) is 7.55. The molecule has 1 fully saturated rings. The van der Waals surface area contributed by atoms with E-state index in [1.165, 1.54) is 12.1 Å². The van der Waals surface area contributed by atoms with Crippen LogP contribution in [0.15, 0.2) is 29.3 Å². The summed E-state index contributed by atoms with van der Waals surface area (Å²) in [5.41, 5.74) is -0.419. The van der Waals surface area contributed by atoms with Crippen LogP contribution in [0.2, 0.25) is 0 Å². The van der Waals surface area contributed by atoms with Gasteiger partial charge in [0.05, 0.1) is 18.7 Å². The molecule has 6 nitrogen and oxygen atoms in total. The number of ether oxygens (including phenoxy) is 1. The molecule has 1 heterocycles. The molecule has 0 atom stereocenters. The Hall–Kier alpha value is -2.89. The third kappa shape index (κ3) is 6.08. The lowest BCUT2D eigenvalue weighted by Gasteiger charge is -2.35. The average molecular weight is 396 g/mol. The van der Waals surface area contributed by atoms with E-state index in [2.05, 4.69) is 22.2 Å². The molecule has 152 valence electrons.